The molecule has 34 heavy (non-hydrogen) atoms. The highest BCUT2D eigenvalue weighted by Gasteiger charge is 2.43. The van der Waals surface area contributed by atoms with Gasteiger partial charge in [0.25, 0.3) is 5.56 Å². The average Bonchev–Trinajstić information content (AvgIpc) is 3.06. The van der Waals surface area contributed by atoms with E-state index < -0.39 is 59.8 Å². The van der Waals surface area contributed by atoms with Crippen LogP contribution in [0.4, 0.5) is 0 Å². The molecule has 5 atom stereocenters. The van der Waals surface area contributed by atoms with Gasteiger partial charge in [0.1, 0.15) is 17.9 Å². The number of phosphoric ester groups is 1. The minimum Gasteiger partial charge on any atom is -0.360 e. The SMILES string of the molecule is NCC#Cc1cn([C@H]2C[C@@H](OCN)C(COP(=O)(O)OP(=O)(O)OP(=O)(O)O)O2)c(=O)[nH]c1=O. The van der Waals surface area contributed by atoms with Gasteiger partial charge >= 0.3 is 29.2 Å². The molecule has 3 unspecified atom stereocenters. The maximum atomic E-state index is 12.2. The summed E-state index contributed by atoms with van der Waals surface area (Å²) in [6.45, 7) is -1.21. The first kappa shape index (κ1) is 28.7. The zero-order chi connectivity index (χ0) is 25.7. The van der Waals surface area contributed by atoms with E-state index in [0.717, 1.165) is 10.8 Å². The van der Waals surface area contributed by atoms with Crippen molar-refractivity contribution in [3.63, 3.8) is 0 Å². The highest BCUT2D eigenvalue weighted by atomic mass is 31.3. The highest BCUT2D eigenvalue weighted by Crippen LogP contribution is 2.66. The zero-order valence-electron chi connectivity index (χ0n) is 17.0. The molecule has 0 radical (unpaired) electrons. The Bertz CT molecular complexity index is 1200. The van der Waals surface area contributed by atoms with Gasteiger partial charge in [-0.05, 0) is 0 Å². The van der Waals surface area contributed by atoms with Crippen LogP contribution in [0.25, 0.3) is 0 Å². The Labute approximate surface area is 190 Å². The monoisotopic (exact) mass is 550 g/mol. The van der Waals surface area contributed by atoms with Gasteiger partial charge in [0, 0.05) is 12.6 Å². The largest absolute Gasteiger partial charge is 0.490 e. The summed E-state index contributed by atoms with van der Waals surface area (Å²) in [7, 11) is -16.7. The third-order valence-electron chi connectivity index (χ3n) is 3.91. The quantitative estimate of drug-likeness (QED) is 0.0922. The summed E-state index contributed by atoms with van der Waals surface area (Å²) in [5, 5.41) is 0. The van der Waals surface area contributed by atoms with Crippen LogP contribution in [0.1, 0.15) is 18.2 Å². The third kappa shape index (κ3) is 8.61. The van der Waals surface area contributed by atoms with Gasteiger partial charge in [-0.15, -0.1) is 0 Å². The normalized spacial score (nSPS) is 24.1. The Morgan fingerprint density at radius 1 is 1.15 bits per heavy atom. The fourth-order valence-electron chi connectivity index (χ4n) is 2.73. The van der Waals surface area contributed by atoms with Gasteiger partial charge in [-0.1, -0.05) is 11.8 Å². The third-order valence-corrected chi connectivity index (χ3v) is 7.71. The molecule has 0 bridgehead atoms. The second-order valence-electron chi connectivity index (χ2n) is 6.34. The van der Waals surface area contributed by atoms with E-state index in [1.54, 1.807) is 0 Å². The lowest BCUT2D eigenvalue weighted by Gasteiger charge is -2.20. The summed E-state index contributed by atoms with van der Waals surface area (Å²) in [6.07, 6.45) is -2.17. The van der Waals surface area contributed by atoms with Crippen LogP contribution in [-0.2, 0) is 36.3 Å². The van der Waals surface area contributed by atoms with Crippen LogP contribution in [0, 0.1) is 11.8 Å². The lowest BCUT2D eigenvalue weighted by atomic mass is 10.2. The Morgan fingerprint density at radius 3 is 2.41 bits per heavy atom. The Balaban J connectivity index is 2.18. The van der Waals surface area contributed by atoms with Gasteiger partial charge in [0.05, 0.1) is 26.0 Å². The number of nitrogens with zero attached hydrogens (tertiary/aromatic N) is 1. The number of aromatic nitrogens is 2. The molecule has 18 nitrogen and oxygen atoms in total. The molecule has 1 aromatic rings. The first-order valence-electron chi connectivity index (χ1n) is 8.96. The number of hydrogen-bond donors (Lipinski definition) is 7. The first-order chi connectivity index (χ1) is 15.7. The van der Waals surface area contributed by atoms with Gasteiger partial charge < -0.3 is 40.5 Å². The van der Waals surface area contributed by atoms with Gasteiger partial charge in [0.2, 0.25) is 0 Å². The summed E-state index contributed by atoms with van der Waals surface area (Å²) < 4.78 is 57.6. The Hall–Kier alpha value is -1.51. The van der Waals surface area contributed by atoms with Crippen molar-refractivity contribution < 1.29 is 55.9 Å². The van der Waals surface area contributed by atoms with E-state index in [1.807, 2.05) is 4.98 Å². The molecule has 0 aromatic carbocycles. The number of ether oxygens (including phenoxy) is 2. The van der Waals surface area contributed by atoms with Crippen molar-refractivity contribution in [2.75, 3.05) is 19.9 Å². The molecule has 21 heteroatoms. The van der Waals surface area contributed by atoms with Crippen molar-refractivity contribution in [1.29, 1.82) is 0 Å². The van der Waals surface area contributed by atoms with E-state index in [2.05, 4.69) is 25.0 Å². The lowest BCUT2D eigenvalue weighted by molar-refractivity contribution is -0.0602. The molecule has 1 fully saturated rings. The Morgan fingerprint density at radius 2 is 1.82 bits per heavy atom. The second-order valence-corrected chi connectivity index (χ2v) is 10.8. The zero-order valence-corrected chi connectivity index (χ0v) is 19.6. The molecular formula is C13H21N4O14P3. The number of hydrogen-bond acceptors (Lipinski definition) is 12. The molecular weight excluding hydrogens is 529 g/mol. The molecule has 1 aliphatic rings. The minimum absolute atomic E-state index is 0.0480. The van der Waals surface area contributed by atoms with E-state index in [4.69, 9.17) is 30.7 Å². The topological polar surface area (TPSA) is 285 Å². The van der Waals surface area contributed by atoms with Crippen LogP contribution < -0.4 is 22.7 Å². The van der Waals surface area contributed by atoms with Gasteiger partial charge in [-0.3, -0.25) is 18.9 Å². The summed E-state index contributed by atoms with van der Waals surface area (Å²) in [5.74, 6) is 4.94. The molecule has 1 aromatic heterocycles. The van der Waals surface area contributed by atoms with Crippen LogP contribution >= 0.6 is 23.5 Å². The predicted octanol–water partition coefficient (Wildman–Crippen LogP) is -2.22. The molecule has 9 N–H and O–H groups in total. The highest BCUT2D eigenvalue weighted by molar-refractivity contribution is 7.66. The number of rotatable bonds is 10. The first-order valence-corrected chi connectivity index (χ1v) is 13.5. The van der Waals surface area contributed by atoms with Crippen LogP contribution in [0.15, 0.2) is 15.8 Å². The standard InChI is InChI=1S/C13H21N4O14P3/c14-3-1-2-8-5-17(13(19)16-12(8)18)11-4-9(27-7-15)10(29-11)6-28-33(23,24)31-34(25,26)30-32(20,21)22/h5,9-11H,3-4,6-7,14-15H2,(H,23,24)(H,25,26)(H,16,18,19)(H2,20,21,22)/t9-,10?,11-/m1/s1. The minimum atomic E-state index is -5.71. The van der Waals surface area contributed by atoms with Crippen LogP contribution in [0.5, 0.6) is 0 Å². The van der Waals surface area contributed by atoms with Crippen LogP contribution in [-0.4, -0.2) is 61.2 Å². The van der Waals surface area contributed by atoms with E-state index in [0.29, 0.717) is 0 Å². The second kappa shape index (κ2) is 11.5. The fourth-order valence-corrected chi connectivity index (χ4v) is 5.76. The van der Waals surface area contributed by atoms with Crippen molar-refractivity contribution in [2.45, 2.75) is 24.9 Å². The number of aromatic amines is 1. The number of H-pyrrole nitrogens is 1. The molecule has 192 valence electrons. The van der Waals surface area contributed by atoms with Gasteiger partial charge in [0.15, 0.2) is 0 Å². The summed E-state index contributed by atoms with van der Waals surface area (Å²) in [5.41, 5.74) is 8.89. The summed E-state index contributed by atoms with van der Waals surface area (Å²) >= 11 is 0. The van der Waals surface area contributed by atoms with Gasteiger partial charge in [-0.25, -0.2) is 18.5 Å². The van der Waals surface area contributed by atoms with Crippen LogP contribution in [0.3, 0.4) is 0 Å². The van der Waals surface area contributed by atoms with Crippen molar-refractivity contribution in [2.24, 2.45) is 11.5 Å². The molecule has 1 saturated heterocycles. The molecule has 1 aliphatic heterocycles. The van der Waals surface area contributed by atoms with E-state index in [-0.39, 0.29) is 25.3 Å². The smallest absolute Gasteiger partial charge is 0.360 e. The summed E-state index contributed by atoms with van der Waals surface area (Å²) in [6, 6.07) is 0. The molecule has 0 amide bonds. The fraction of sp³-hybridized carbons (Fsp3) is 0.538. The lowest BCUT2D eigenvalue weighted by Crippen LogP contribution is -2.33. The van der Waals surface area contributed by atoms with Crippen molar-refractivity contribution in [3.05, 3.63) is 32.6 Å². The maximum Gasteiger partial charge on any atom is 0.490 e. The van der Waals surface area contributed by atoms with E-state index >= 15 is 0 Å². The maximum absolute atomic E-state index is 12.2. The van der Waals surface area contributed by atoms with E-state index in [9.17, 15) is 33.1 Å². The van der Waals surface area contributed by atoms with Gasteiger partial charge in [-0.2, -0.15) is 8.62 Å². The molecule has 0 saturated carbocycles. The Kier molecular flexibility index (Phi) is 9.70. The molecule has 0 spiro atoms. The number of nitrogens with two attached hydrogens (primary N) is 2. The predicted molar refractivity (Wildman–Crippen MR) is 110 cm³/mol. The molecule has 2 heterocycles. The van der Waals surface area contributed by atoms with Crippen LogP contribution in [0.2, 0.25) is 0 Å². The van der Waals surface area contributed by atoms with E-state index in [1.165, 1.54) is 0 Å². The molecule has 0 aliphatic carbocycles. The van der Waals surface area contributed by atoms with Crippen molar-refractivity contribution in [1.82, 2.24) is 9.55 Å². The number of phosphoric acid groups is 3. The molecule has 2 rings (SSSR count). The van der Waals surface area contributed by atoms with Crippen molar-refractivity contribution >= 4 is 23.5 Å². The average molecular weight is 550 g/mol. The number of nitrogens with one attached hydrogen (secondary N) is 1. The summed E-state index contributed by atoms with van der Waals surface area (Å²) in [4.78, 5) is 62.0. The van der Waals surface area contributed by atoms with Crippen molar-refractivity contribution in [3.8, 4) is 11.8 Å².